The molecule has 5 rings (SSSR count). The minimum absolute atomic E-state index is 0.527. The molecule has 2 heteroatoms. The van der Waals surface area contributed by atoms with E-state index >= 15 is 0 Å². The van der Waals surface area contributed by atoms with Gasteiger partial charge in [0.05, 0.1) is 11.4 Å². The van der Waals surface area contributed by atoms with E-state index < -0.39 is 0 Å². The van der Waals surface area contributed by atoms with Crippen molar-refractivity contribution < 1.29 is 0 Å². The zero-order valence-corrected chi connectivity index (χ0v) is 21.1. The third-order valence-corrected chi connectivity index (χ3v) is 6.64. The number of rotatable bonds is 7. The van der Waals surface area contributed by atoms with Crippen LogP contribution in [0.5, 0.6) is 0 Å². The van der Waals surface area contributed by atoms with Crippen LogP contribution >= 0.6 is 11.6 Å². The highest BCUT2D eigenvalue weighted by molar-refractivity contribution is 6.17. The summed E-state index contributed by atoms with van der Waals surface area (Å²) in [6.45, 7) is 2.19. The van der Waals surface area contributed by atoms with Gasteiger partial charge in [-0.15, -0.1) is 11.6 Å². The van der Waals surface area contributed by atoms with E-state index in [-0.39, 0.29) is 0 Å². The summed E-state index contributed by atoms with van der Waals surface area (Å²) in [5.41, 5.74) is 10.5. The van der Waals surface area contributed by atoms with Crippen molar-refractivity contribution in [3.63, 3.8) is 0 Å². The first-order valence-corrected chi connectivity index (χ1v) is 12.7. The Kier molecular flexibility index (Phi) is 7.30. The zero-order valence-electron chi connectivity index (χ0n) is 20.3. The molecule has 0 bridgehead atoms. The Morgan fingerprint density at radius 1 is 0.639 bits per heavy atom. The summed E-state index contributed by atoms with van der Waals surface area (Å²) in [7, 11) is 0. The number of benzene rings is 5. The van der Waals surface area contributed by atoms with Crippen LogP contribution in [-0.2, 0) is 5.88 Å². The van der Waals surface area contributed by atoms with Gasteiger partial charge in [-0.3, -0.25) is 0 Å². The summed E-state index contributed by atoms with van der Waals surface area (Å²) in [4.78, 5) is 2.38. The van der Waals surface area contributed by atoms with E-state index in [4.69, 9.17) is 11.6 Å². The highest BCUT2D eigenvalue weighted by Crippen LogP contribution is 2.44. The standard InChI is InChI=1S/C34H28ClN/c1-26-11-10-17-32(29-12-4-2-5-13-29)34(26)36(31-15-6-3-7-16-31)33-18-9-8-14-30(33)24-23-27-19-21-28(25-35)22-20-27/h2-24H,25H2,1H3/b24-23+. The molecule has 36 heavy (non-hydrogen) atoms. The molecular weight excluding hydrogens is 458 g/mol. The minimum atomic E-state index is 0.527. The molecule has 0 saturated carbocycles. The van der Waals surface area contributed by atoms with Crippen molar-refractivity contribution in [2.75, 3.05) is 4.90 Å². The van der Waals surface area contributed by atoms with Crippen LogP contribution in [0.3, 0.4) is 0 Å². The number of aryl methyl sites for hydroxylation is 1. The molecule has 0 heterocycles. The molecule has 5 aromatic carbocycles. The Bertz CT molecular complexity index is 1450. The molecule has 0 saturated heterocycles. The van der Waals surface area contributed by atoms with Gasteiger partial charge < -0.3 is 4.90 Å². The van der Waals surface area contributed by atoms with Gasteiger partial charge in [-0.05, 0) is 52.9 Å². The van der Waals surface area contributed by atoms with Crippen LogP contribution in [0.1, 0.15) is 22.3 Å². The van der Waals surface area contributed by atoms with Gasteiger partial charge in [0.15, 0.2) is 0 Å². The third-order valence-electron chi connectivity index (χ3n) is 6.33. The average molecular weight is 486 g/mol. The predicted octanol–water partition coefficient (Wildman–Crippen LogP) is 10.0. The molecule has 5 aromatic rings. The summed E-state index contributed by atoms with van der Waals surface area (Å²) in [5, 5.41) is 0. The Balaban J connectivity index is 1.67. The zero-order chi connectivity index (χ0) is 24.7. The molecular formula is C34H28ClN. The number of anilines is 3. The van der Waals surface area contributed by atoms with Crippen molar-refractivity contribution >= 4 is 40.8 Å². The summed E-state index contributed by atoms with van der Waals surface area (Å²) < 4.78 is 0. The van der Waals surface area contributed by atoms with Crippen molar-refractivity contribution in [1.29, 1.82) is 0 Å². The van der Waals surface area contributed by atoms with Crippen LogP contribution in [0.4, 0.5) is 17.1 Å². The molecule has 1 nitrogen and oxygen atoms in total. The monoisotopic (exact) mass is 485 g/mol. The SMILES string of the molecule is Cc1cccc(-c2ccccc2)c1N(c1ccccc1)c1ccccc1/C=C/c1ccc(CCl)cc1. The van der Waals surface area contributed by atoms with Crippen LogP contribution in [0.2, 0.25) is 0 Å². The van der Waals surface area contributed by atoms with Crippen molar-refractivity contribution in [3.8, 4) is 11.1 Å². The normalized spacial score (nSPS) is 11.1. The van der Waals surface area contributed by atoms with Crippen molar-refractivity contribution in [3.05, 3.63) is 150 Å². The van der Waals surface area contributed by atoms with Crippen molar-refractivity contribution in [2.45, 2.75) is 12.8 Å². The van der Waals surface area contributed by atoms with Crippen LogP contribution in [0, 0.1) is 6.92 Å². The van der Waals surface area contributed by atoms with Gasteiger partial charge in [0.2, 0.25) is 0 Å². The molecule has 0 unspecified atom stereocenters. The summed E-state index contributed by atoms with van der Waals surface area (Å²) in [5.74, 6) is 0.527. The molecule has 0 fully saturated rings. The molecule has 0 aliphatic carbocycles. The molecule has 0 amide bonds. The Morgan fingerprint density at radius 3 is 2.03 bits per heavy atom. The largest absolute Gasteiger partial charge is 0.309 e. The van der Waals surface area contributed by atoms with Gasteiger partial charge in [-0.25, -0.2) is 0 Å². The van der Waals surface area contributed by atoms with Crippen LogP contribution < -0.4 is 4.90 Å². The van der Waals surface area contributed by atoms with Crippen LogP contribution in [0.25, 0.3) is 23.3 Å². The maximum absolute atomic E-state index is 5.97. The van der Waals surface area contributed by atoms with Gasteiger partial charge in [0.1, 0.15) is 0 Å². The molecule has 176 valence electrons. The lowest BCUT2D eigenvalue weighted by atomic mass is 9.97. The lowest BCUT2D eigenvalue weighted by Crippen LogP contribution is -2.13. The molecule has 0 N–H and O–H groups in total. The number of nitrogens with zero attached hydrogens (tertiary/aromatic N) is 1. The highest BCUT2D eigenvalue weighted by atomic mass is 35.5. The fourth-order valence-corrected chi connectivity index (χ4v) is 4.69. The van der Waals surface area contributed by atoms with E-state index in [0.29, 0.717) is 5.88 Å². The molecule has 0 aliphatic heterocycles. The van der Waals surface area contributed by atoms with Crippen molar-refractivity contribution in [1.82, 2.24) is 0 Å². The average Bonchev–Trinajstić information content (AvgIpc) is 2.95. The van der Waals surface area contributed by atoms with Crippen molar-refractivity contribution in [2.24, 2.45) is 0 Å². The Hall–Kier alpha value is -4.07. The first-order chi connectivity index (χ1) is 17.7. The van der Waals surface area contributed by atoms with Crippen LogP contribution in [-0.4, -0.2) is 0 Å². The quantitative estimate of drug-likeness (QED) is 0.164. The maximum Gasteiger partial charge on any atom is 0.0569 e. The molecule has 0 aliphatic rings. The van der Waals surface area contributed by atoms with Crippen LogP contribution in [0.15, 0.2) is 127 Å². The second-order valence-electron chi connectivity index (χ2n) is 8.78. The highest BCUT2D eigenvalue weighted by Gasteiger charge is 2.20. The number of alkyl halides is 1. The van der Waals surface area contributed by atoms with E-state index in [0.717, 1.165) is 28.1 Å². The number of para-hydroxylation sites is 3. The maximum atomic E-state index is 5.97. The molecule has 0 atom stereocenters. The van der Waals surface area contributed by atoms with Gasteiger partial charge in [-0.1, -0.05) is 121 Å². The first kappa shape index (κ1) is 23.7. The molecule has 0 aromatic heterocycles. The summed E-state index contributed by atoms with van der Waals surface area (Å²) in [6, 6.07) is 44.7. The second kappa shape index (κ2) is 11.1. The molecule has 0 radical (unpaired) electrons. The Morgan fingerprint density at radius 2 is 1.31 bits per heavy atom. The van der Waals surface area contributed by atoms with E-state index in [1.807, 2.05) is 0 Å². The second-order valence-corrected chi connectivity index (χ2v) is 9.04. The summed E-state index contributed by atoms with van der Waals surface area (Å²) in [6.07, 6.45) is 4.36. The Labute approximate surface area is 218 Å². The van der Waals surface area contributed by atoms with E-state index in [2.05, 4.69) is 151 Å². The van der Waals surface area contributed by atoms with Gasteiger partial charge >= 0.3 is 0 Å². The van der Waals surface area contributed by atoms with Gasteiger partial charge in [0, 0.05) is 17.1 Å². The smallest absolute Gasteiger partial charge is 0.0569 e. The minimum Gasteiger partial charge on any atom is -0.309 e. The fraction of sp³-hybridized carbons (Fsp3) is 0.0588. The van der Waals surface area contributed by atoms with E-state index in [9.17, 15) is 0 Å². The lowest BCUT2D eigenvalue weighted by Gasteiger charge is -2.30. The number of halogens is 1. The third kappa shape index (κ3) is 5.12. The van der Waals surface area contributed by atoms with Gasteiger partial charge in [-0.2, -0.15) is 0 Å². The van der Waals surface area contributed by atoms with Gasteiger partial charge in [0.25, 0.3) is 0 Å². The van der Waals surface area contributed by atoms with E-state index in [1.54, 1.807) is 0 Å². The number of hydrogen-bond donors (Lipinski definition) is 0. The fourth-order valence-electron chi connectivity index (χ4n) is 4.51. The number of hydrogen-bond acceptors (Lipinski definition) is 1. The predicted molar refractivity (Wildman–Crippen MR) is 156 cm³/mol. The topological polar surface area (TPSA) is 3.24 Å². The van der Waals surface area contributed by atoms with E-state index in [1.165, 1.54) is 22.4 Å². The molecule has 0 spiro atoms. The first-order valence-electron chi connectivity index (χ1n) is 12.2. The lowest BCUT2D eigenvalue weighted by molar-refractivity contribution is 1.25. The summed E-state index contributed by atoms with van der Waals surface area (Å²) >= 11 is 5.97.